The molecule has 1 fully saturated rings. The number of thiocarbonyl (C=S) groups is 1. The van der Waals surface area contributed by atoms with Crippen LogP contribution in [0.3, 0.4) is 0 Å². The lowest BCUT2D eigenvalue weighted by atomic mass is 10.0. The van der Waals surface area contributed by atoms with Crippen LogP contribution in [0.4, 0.5) is 5.69 Å². The molecule has 1 saturated heterocycles. The van der Waals surface area contributed by atoms with Crippen molar-refractivity contribution in [1.82, 2.24) is 5.32 Å². The van der Waals surface area contributed by atoms with Gasteiger partial charge in [-0.05, 0) is 76.8 Å². The average Bonchev–Trinajstić information content (AvgIpc) is 3.10. The molecule has 0 radical (unpaired) electrons. The van der Waals surface area contributed by atoms with Crippen LogP contribution in [0, 0.1) is 0 Å². The number of hydrogen-bond donors (Lipinski definition) is 1. The first-order valence-electron chi connectivity index (χ1n) is 9.39. The maximum atomic E-state index is 13.1. The third-order valence-corrected chi connectivity index (χ3v) is 5.85. The summed E-state index contributed by atoms with van der Waals surface area (Å²) in [6.45, 7) is 0. The molecule has 5 rings (SSSR count). The van der Waals surface area contributed by atoms with Gasteiger partial charge in [-0.2, -0.15) is 0 Å². The molecule has 0 saturated carbocycles. The summed E-state index contributed by atoms with van der Waals surface area (Å²) in [7, 11) is 0. The highest BCUT2D eigenvalue weighted by Crippen LogP contribution is 2.37. The third-order valence-electron chi connectivity index (χ3n) is 5.32. The number of halogens is 1. The second kappa shape index (κ2) is 7.20. The van der Waals surface area contributed by atoms with Gasteiger partial charge in [-0.15, -0.1) is 0 Å². The van der Waals surface area contributed by atoms with E-state index in [2.05, 4.69) is 17.4 Å². The molecule has 2 aliphatic rings. The summed E-state index contributed by atoms with van der Waals surface area (Å²) in [6, 6.07) is 21.0. The number of carbonyl (C=O) groups is 2. The van der Waals surface area contributed by atoms with Crippen LogP contribution >= 0.6 is 23.8 Å². The molecular formula is C24H15ClN2O2S. The maximum absolute atomic E-state index is 13.1. The monoisotopic (exact) mass is 430 g/mol. The van der Waals surface area contributed by atoms with Crippen molar-refractivity contribution < 1.29 is 9.59 Å². The molecule has 1 aliphatic carbocycles. The molecule has 0 atom stereocenters. The minimum atomic E-state index is -0.501. The highest BCUT2D eigenvalue weighted by Gasteiger charge is 2.34. The molecule has 4 nitrogen and oxygen atoms in total. The summed E-state index contributed by atoms with van der Waals surface area (Å²) in [6.07, 6.45) is 2.45. The average molecular weight is 431 g/mol. The van der Waals surface area contributed by atoms with Crippen molar-refractivity contribution in [2.45, 2.75) is 6.42 Å². The molecule has 0 spiro atoms. The molecule has 146 valence electrons. The van der Waals surface area contributed by atoms with Crippen LogP contribution in [0.15, 0.2) is 72.3 Å². The van der Waals surface area contributed by atoms with Crippen LogP contribution in [0.5, 0.6) is 0 Å². The molecule has 6 heteroatoms. The van der Waals surface area contributed by atoms with E-state index in [1.807, 2.05) is 30.3 Å². The minimum absolute atomic E-state index is 0.0361. The first-order chi connectivity index (χ1) is 14.5. The normalized spacial score (nSPS) is 16.5. The molecule has 2 amide bonds. The quantitative estimate of drug-likeness (QED) is 0.284. The van der Waals surface area contributed by atoms with Gasteiger partial charge in [0.15, 0.2) is 5.11 Å². The number of hydrogen-bond acceptors (Lipinski definition) is 3. The van der Waals surface area contributed by atoms with Crippen molar-refractivity contribution in [2.75, 3.05) is 4.90 Å². The van der Waals surface area contributed by atoms with Crippen LogP contribution in [0.2, 0.25) is 5.02 Å². The number of fused-ring (bicyclic) bond motifs is 3. The van der Waals surface area contributed by atoms with Gasteiger partial charge in [0.25, 0.3) is 11.8 Å². The zero-order valence-corrected chi connectivity index (χ0v) is 17.3. The predicted molar refractivity (Wildman–Crippen MR) is 122 cm³/mol. The number of anilines is 1. The SMILES string of the molecule is O=C1NC(=S)N(c2ccc(Cl)cc2)C(=O)/C1=C/c1ccc2c(c1)Cc1ccccc1-2. The molecule has 0 bridgehead atoms. The van der Waals surface area contributed by atoms with Crippen molar-refractivity contribution in [1.29, 1.82) is 0 Å². The molecule has 3 aromatic carbocycles. The Kier molecular flexibility index (Phi) is 4.50. The highest BCUT2D eigenvalue weighted by atomic mass is 35.5. The molecular weight excluding hydrogens is 416 g/mol. The van der Waals surface area contributed by atoms with E-state index in [0.29, 0.717) is 10.7 Å². The largest absolute Gasteiger partial charge is 0.298 e. The summed E-state index contributed by atoms with van der Waals surface area (Å²) >= 11 is 11.2. The molecule has 3 aromatic rings. The topological polar surface area (TPSA) is 49.4 Å². The van der Waals surface area contributed by atoms with Gasteiger partial charge < -0.3 is 0 Å². The fourth-order valence-corrected chi connectivity index (χ4v) is 4.31. The fourth-order valence-electron chi connectivity index (χ4n) is 3.90. The van der Waals surface area contributed by atoms with E-state index in [4.69, 9.17) is 23.8 Å². The van der Waals surface area contributed by atoms with Crippen molar-refractivity contribution in [3.63, 3.8) is 0 Å². The summed E-state index contributed by atoms with van der Waals surface area (Å²) in [5, 5.41) is 3.21. The van der Waals surface area contributed by atoms with Crippen molar-refractivity contribution in [3.8, 4) is 11.1 Å². The lowest BCUT2D eigenvalue weighted by Gasteiger charge is -2.29. The number of nitrogens with one attached hydrogen (secondary N) is 1. The van der Waals surface area contributed by atoms with Crippen LogP contribution in [0.25, 0.3) is 17.2 Å². The molecule has 0 aromatic heterocycles. The Morgan fingerprint density at radius 3 is 2.47 bits per heavy atom. The van der Waals surface area contributed by atoms with Gasteiger partial charge in [0.1, 0.15) is 5.57 Å². The molecule has 1 heterocycles. The first kappa shape index (κ1) is 18.7. The van der Waals surface area contributed by atoms with Crippen molar-refractivity contribution in [2.24, 2.45) is 0 Å². The van der Waals surface area contributed by atoms with Gasteiger partial charge in [0.2, 0.25) is 0 Å². The van der Waals surface area contributed by atoms with Gasteiger partial charge in [0.05, 0.1) is 5.69 Å². The first-order valence-corrected chi connectivity index (χ1v) is 10.2. The van der Waals surface area contributed by atoms with Gasteiger partial charge in [0, 0.05) is 5.02 Å². The third kappa shape index (κ3) is 3.12. The predicted octanol–water partition coefficient (Wildman–Crippen LogP) is 4.74. The second-order valence-corrected chi connectivity index (χ2v) is 8.01. The van der Waals surface area contributed by atoms with Crippen LogP contribution in [-0.4, -0.2) is 16.9 Å². The Morgan fingerprint density at radius 2 is 1.67 bits per heavy atom. The Labute approximate surface area is 183 Å². The van der Waals surface area contributed by atoms with Gasteiger partial charge in [-0.25, -0.2) is 0 Å². The second-order valence-electron chi connectivity index (χ2n) is 7.18. The maximum Gasteiger partial charge on any atom is 0.270 e. The van der Waals surface area contributed by atoms with Crippen LogP contribution in [-0.2, 0) is 16.0 Å². The number of carbonyl (C=O) groups excluding carboxylic acids is 2. The Hall–Kier alpha value is -3.28. The van der Waals surface area contributed by atoms with Gasteiger partial charge >= 0.3 is 0 Å². The van der Waals surface area contributed by atoms with E-state index in [9.17, 15) is 9.59 Å². The zero-order chi connectivity index (χ0) is 20.8. The number of rotatable bonds is 2. The lowest BCUT2D eigenvalue weighted by molar-refractivity contribution is -0.122. The summed E-state index contributed by atoms with van der Waals surface area (Å²) < 4.78 is 0. The summed E-state index contributed by atoms with van der Waals surface area (Å²) in [5.41, 5.74) is 6.26. The smallest absolute Gasteiger partial charge is 0.270 e. The summed E-state index contributed by atoms with van der Waals surface area (Å²) in [5.74, 6) is -0.964. The standard InChI is InChI=1S/C24H15ClN2O2S/c25-17-6-8-18(9-7-17)27-23(29)21(22(28)26-24(27)30)12-14-5-10-20-16(11-14)13-15-3-1-2-4-19(15)20/h1-12H,13H2,(H,26,28,30)/b21-12+. The molecule has 1 N–H and O–H groups in total. The lowest BCUT2D eigenvalue weighted by Crippen LogP contribution is -2.54. The van der Waals surface area contributed by atoms with Crippen molar-refractivity contribution >= 4 is 52.5 Å². The van der Waals surface area contributed by atoms with E-state index in [0.717, 1.165) is 12.0 Å². The Balaban J connectivity index is 1.51. The zero-order valence-electron chi connectivity index (χ0n) is 15.7. The Morgan fingerprint density at radius 1 is 0.933 bits per heavy atom. The van der Waals surface area contributed by atoms with Crippen LogP contribution in [0.1, 0.15) is 16.7 Å². The number of nitrogens with zero attached hydrogens (tertiary/aromatic N) is 1. The van der Waals surface area contributed by atoms with E-state index < -0.39 is 11.8 Å². The van der Waals surface area contributed by atoms with Gasteiger partial charge in [-0.1, -0.05) is 54.1 Å². The van der Waals surface area contributed by atoms with Gasteiger partial charge in [-0.3, -0.25) is 19.8 Å². The van der Waals surface area contributed by atoms with Crippen LogP contribution < -0.4 is 10.2 Å². The number of benzene rings is 3. The van der Waals surface area contributed by atoms with E-state index in [-0.39, 0.29) is 10.7 Å². The fraction of sp³-hybridized carbons (Fsp3) is 0.0417. The molecule has 0 unspecified atom stereocenters. The number of amides is 2. The van der Waals surface area contributed by atoms with E-state index in [1.165, 1.54) is 27.2 Å². The minimum Gasteiger partial charge on any atom is -0.298 e. The van der Waals surface area contributed by atoms with E-state index in [1.54, 1.807) is 30.3 Å². The molecule has 1 aliphatic heterocycles. The van der Waals surface area contributed by atoms with Crippen molar-refractivity contribution in [3.05, 3.63) is 94.0 Å². The highest BCUT2D eigenvalue weighted by molar-refractivity contribution is 7.80. The molecule has 30 heavy (non-hydrogen) atoms. The van der Waals surface area contributed by atoms with E-state index >= 15 is 0 Å². The summed E-state index contributed by atoms with van der Waals surface area (Å²) in [4.78, 5) is 27.0. The Bertz CT molecular complexity index is 1260.